The van der Waals surface area contributed by atoms with Gasteiger partial charge < -0.3 is 10.6 Å². The molecule has 0 aromatic heterocycles. The lowest BCUT2D eigenvalue weighted by molar-refractivity contribution is -0.123. The van der Waals surface area contributed by atoms with Crippen molar-refractivity contribution in [1.29, 1.82) is 0 Å². The summed E-state index contributed by atoms with van der Waals surface area (Å²) in [6, 6.07) is 0.569. The maximum absolute atomic E-state index is 12.0. The van der Waals surface area contributed by atoms with Crippen LogP contribution in [-0.4, -0.2) is 48.6 Å². The van der Waals surface area contributed by atoms with Gasteiger partial charge in [-0.2, -0.15) is 0 Å². The van der Waals surface area contributed by atoms with Crippen LogP contribution in [0.1, 0.15) is 53.4 Å². The highest BCUT2D eigenvalue weighted by atomic mass is 16.2. The molecule has 0 radical (unpaired) electrons. The topological polar surface area (TPSA) is 44.4 Å². The number of nitrogens with zero attached hydrogens (tertiary/aromatic N) is 1. The molecule has 1 atom stereocenters. The van der Waals surface area contributed by atoms with Gasteiger partial charge in [-0.05, 0) is 53.1 Å². The SMILES string of the molecule is CCCCN(CC(=O)NC(C)(C)C)CC1CCCN1. The van der Waals surface area contributed by atoms with E-state index in [1.165, 1.54) is 19.3 Å². The lowest BCUT2D eigenvalue weighted by Gasteiger charge is -2.27. The summed E-state index contributed by atoms with van der Waals surface area (Å²) in [6.07, 6.45) is 4.84. The molecule has 1 rings (SSSR count). The van der Waals surface area contributed by atoms with E-state index in [0.717, 1.165) is 26.1 Å². The number of carbonyl (C=O) groups excluding carboxylic acids is 1. The zero-order chi connectivity index (χ0) is 14.3. The Morgan fingerprint density at radius 2 is 2.16 bits per heavy atom. The summed E-state index contributed by atoms with van der Waals surface area (Å²) in [5.74, 6) is 0.140. The third kappa shape index (κ3) is 7.53. The summed E-state index contributed by atoms with van der Waals surface area (Å²) in [5.41, 5.74) is -0.140. The normalized spacial score (nSPS) is 19.9. The molecule has 0 aromatic carbocycles. The van der Waals surface area contributed by atoms with Crippen LogP contribution < -0.4 is 10.6 Å². The maximum Gasteiger partial charge on any atom is 0.234 e. The predicted molar refractivity (Wildman–Crippen MR) is 80.3 cm³/mol. The minimum Gasteiger partial charge on any atom is -0.350 e. The van der Waals surface area contributed by atoms with Gasteiger partial charge in [0.25, 0.3) is 0 Å². The third-order valence-corrected chi connectivity index (χ3v) is 3.35. The predicted octanol–water partition coefficient (Wildman–Crippen LogP) is 1.76. The minimum absolute atomic E-state index is 0.140. The Labute approximate surface area is 118 Å². The molecule has 1 saturated heterocycles. The van der Waals surface area contributed by atoms with Crippen LogP contribution in [0.5, 0.6) is 0 Å². The van der Waals surface area contributed by atoms with Gasteiger partial charge in [0.05, 0.1) is 6.54 Å². The highest BCUT2D eigenvalue weighted by Gasteiger charge is 2.21. The number of hydrogen-bond acceptors (Lipinski definition) is 3. The van der Waals surface area contributed by atoms with E-state index >= 15 is 0 Å². The highest BCUT2D eigenvalue weighted by molar-refractivity contribution is 5.78. The van der Waals surface area contributed by atoms with Gasteiger partial charge in [0, 0.05) is 18.1 Å². The average molecular weight is 269 g/mol. The fourth-order valence-electron chi connectivity index (χ4n) is 2.50. The first-order valence-corrected chi connectivity index (χ1v) is 7.67. The Morgan fingerprint density at radius 1 is 1.42 bits per heavy atom. The first kappa shape index (κ1) is 16.4. The van der Waals surface area contributed by atoms with Crippen molar-refractivity contribution in [2.45, 2.75) is 65.0 Å². The Bertz CT molecular complexity index is 267. The summed E-state index contributed by atoms with van der Waals surface area (Å²) in [6.45, 7) is 11.9. The smallest absolute Gasteiger partial charge is 0.234 e. The van der Waals surface area contributed by atoms with Crippen LogP contribution in [0, 0.1) is 0 Å². The van der Waals surface area contributed by atoms with Crippen LogP contribution in [0.3, 0.4) is 0 Å². The van der Waals surface area contributed by atoms with Gasteiger partial charge in [0.2, 0.25) is 5.91 Å². The zero-order valence-electron chi connectivity index (χ0n) is 13.1. The second-order valence-corrected chi connectivity index (χ2v) is 6.68. The summed E-state index contributed by atoms with van der Waals surface area (Å²) < 4.78 is 0. The molecule has 112 valence electrons. The summed E-state index contributed by atoms with van der Waals surface area (Å²) in [4.78, 5) is 14.3. The molecule has 2 N–H and O–H groups in total. The van der Waals surface area contributed by atoms with Crippen molar-refractivity contribution in [3.05, 3.63) is 0 Å². The first-order chi connectivity index (χ1) is 8.90. The van der Waals surface area contributed by atoms with E-state index in [0.29, 0.717) is 12.6 Å². The third-order valence-electron chi connectivity index (χ3n) is 3.35. The average Bonchev–Trinajstić information content (AvgIpc) is 2.75. The maximum atomic E-state index is 12.0. The molecule has 0 spiro atoms. The number of carbonyl (C=O) groups is 1. The van der Waals surface area contributed by atoms with Crippen LogP contribution in [-0.2, 0) is 4.79 Å². The molecule has 1 aliphatic rings. The zero-order valence-corrected chi connectivity index (χ0v) is 13.1. The molecular weight excluding hydrogens is 238 g/mol. The van der Waals surface area contributed by atoms with E-state index in [1.807, 2.05) is 20.8 Å². The molecule has 1 aliphatic heterocycles. The molecule has 4 heteroatoms. The fraction of sp³-hybridized carbons (Fsp3) is 0.933. The number of amides is 1. The van der Waals surface area contributed by atoms with E-state index in [1.54, 1.807) is 0 Å². The first-order valence-electron chi connectivity index (χ1n) is 7.67. The molecule has 0 saturated carbocycles. The van der Waals surface area contributed by atoms with Crippen molar-refractivity contribution < 1.29 is 4.79 Å². The number of unbranched alkanes of at least 4 members (excludes halogenated alkanes) is 1. The number of nitrogens with one attached hydrogen (secondary N) is 2. The van der Waals surface area contributed by atoms with Crippen molar-refractivity contribution in [3.63, 3.8) is 0 Å². The van der Waals surface area contributed by atoms with Crippen molar-refractivity contribution in [1.82, 2.24) is 15.5 Å². The van der Waals surface area contributed by atoms with Gasteiger partial charge in [-0.25, -0.2) is 0 Å². The molecule has 0 aliphatic carbocycles. The van der Waals surface area contributed by atoms with Gasteiger partial charge in [-0.3, -0.25) is 9.69 Å². The van der Waals surface area contributed by atoms with Gasteiger partial charge in [-0.1, -0.05) is 13.3 Å². The van der Waals surface area contributed by atoms with E-state index in [-0.39, 0.29) is 11.4 Å². The lowest BCUT2D eigenvalue weighted by Crippen LogP contribution is -2.48. The molecule has 19 heavy (non-hydrogen) atoms. The Kier molecular flexibility index (Phi) is 6.80. The fourth-order valence-corrected chi connectivity index (χ4v) is 2.50. The number of hydrogen-bond donors (Lipinski definition) is 2. The molecule has 0 bridgehead atoms. The van der Waals surface area contributed by atoms with Gasteiger partial charge >= 0.3 is 0 Å². The molecule has 1 heterocycles. The van der Waals surface area contributed by atoms with Crippen LogP contribution in [0.15, 0.2) is 0 Å². The van der Waals surface area contributed by atoms with Gasteiger partial charge in [0.1, 0.15) is 0 Å². The largest absolute Gasteiger partial charge is 0.350 e. The monoisotopic (exact) mass is 269 g/mol. The van der Waals surface area contributed by atoms with Crippen molar-refractivity contribution in [3.8, 4) is 0 Å². The van der Waals surface area contributed by atoms with E-state index < -0.39 is 0 Å². The van der Waals surface area contributed by atoms with Gasteiger partial charge in [0.15, 0.2) is 0 Å². The Balaban J connectivity index is 2.41. The summed E-state index contributed by atoms with van der Waals surface area (Å²) >= 11 is 0. The standard InChI is InChI=1S/C15H31N3O/c1-5-6-10-18(11-13-8-7-9-16-13)12-14(19)17-15(2,3)4/h13,16H,5-12H2,1-4H3,(H,17,19). The van der Waals surface area contributed by atoms with Crippen LogP contribution in [0.4, 0.5) is 0 Å². The molecule has 1 unspecified atom stereocenters. The Hall–Kier alpha value is -0.610. The summed E-state index contributed by atoms with van der Waals surface area (Å²) in [7, 11) is 0. The number of rotatable bonds is 7. The van der Waals surface area contributed by atoms with E-state index in [4.69, 9.17) is 0 Å². The molecule has 1 fully saturated rings. The quantitative estimate of drug-likeness (QED) is 0.740. The van der Waals surface area contributed by atoms with Crippen LogP contribution >= 0.6 is 0 Å². The van der Waals surface area contributed by atoms with Crippen molar-refractivity contribution >= 4 is 5.91 Å². The Morgan fingerprint density at radius 3 is 2.68 bits per heavy atom. The van der Waals surface area contributed by atoms with Crippen molar-refractivity contribution in [2.24, 2.45) is 0 Å². The van der Waals surface area contributed by atoms with E-state index in [9.17, 15) is 4.79 Å². The second-order valence-electron chi connectivity index (χ2n) is 6.68. The molecule has 4 nitrogen and oxygen atoms in total. The summed E-state index contributed by atoms with van der Waals surface area (Å²) in [5, 5.41) is 6.56. The van der Waals surface area contributed by atoms with Gasteiger partial charge in [-0.15, -0.1) is 0 Å². The van der Waals surface area contributed by atoms with E-state index in [2.05, 4.69) is 22.5 Å². The second kappa shape index (κ2) is 7.85. The molecule has 0 aromatic rings. The van der Waals surface area contributed by atoms with Crippen molar-refractivity contribution in [2.75, 3.05) is 26.2 Å². The molecular formula is C15H31N3O. The van der Waals surface area contributed by atoms with Crippen LogP contribution in [0.25, 0.3) is 0 Å². The minimum atomic E-state index is -0.140. The van der Waals surface area contributed by atoms with Crippen LogP contribution in [0.2, 0.25) is 0 Å². The lowest BCUT2D eigenvalue weighted by atomic mass is 10.1. The molecule has 1 amide bonds. The highest BCUT2D eigenvalue weighted by Crippen LogP contribution is 2.08.